The van der Waals surface area contributed by atoms with Gasteiger partial charge in [-0.05, 0) is 49.9 Å². The van der Waals surface area contributed by atoms with E-state index in [1.165, 1.54) is 0 Å². The van der Waals surface area contributed by atoms with Crippen LogP contribution in [0.1, 0.15) is 36.0 Å². The Morgan fingerprint density at radius 3 is 2.83 bits per heavy atom. The van der Waals surface area contributed by atoms with Crippen LogP contribution in [-0.4, -0.2) is 60.3 Å². The normalized spacial score (nSPS) is 18.7. The second kappa shape index (κ2) is 7.29. The highest BCUT2D eigenvalue weighted by Crippen LogP contribution is 2.17. The van der Waals surface area contributed by atoms with Crippen molar-refractivity contribution in [2.75, 3.05) is 13.1 Å². The highest BCUT2D eigenvalue weighted by Gasteiger charge is 2.23. The van der Waals surface area contributed by atoms with Gasteiger partial charge in [0.1, 0.15) is 11.4 Å². The van der Waals surface area contributed by atoms with Crippen molar-refractivity contribution in [2.24, 2.45) is 0 Å². The number of carbonyl (C=O) groups is 1. The van der Waals surface area contributed by atoms with Gasteiger partial charge in [-0.1, -0.05) is 17.4 Å². The first-order chi connectivity index (χ1) is 14.2. The third-order valence-electron chi connectivity index (χ3n) is 5.50. The van der Waals surface area contributed by atoms with Crippen molar-refractivity contribution in [3.63, 3.8) is 0 Å². The summed E-state index contributed by atoms with van der Waals surface area (Å²) < 4.78 is 1.68. The molecule has 1 aliphatic heterocycles. The summed E-state index contributed by atoms with van der Waals surface area (Å²) >= 11 is 0. The number of fused-ring (bicyclic) bond motifs is 1. The Hall–Kier alpha value is -3.26. The SMILES string of the molecule is O=C(c1ccc(-n2cc(-c3n[nH]c4c3=CCCC=4)nn2)cc1)N1CCCC(O)C1. The number of aliphatic hydroxyl groups is 1. The van der Waals surface area contributed by atoms with Gasteiger partial charge in [-0.3, -0.25) is 9.89 Å². The van der Waals surface area contributed by atoms with E-state index < -0.39 is 6.10 Å². The molecule has 0 saturated carbocycles. The van der Waals surface area contributed by atoms with Gasteiger partial charge < -0.3 is 10.0 Å². The molecule has 8 nitrogen and oxygen atoms in total. The molecule has 1 atom stereocenters. The summed E-state index contributed by atoms with van der Waals surface area (Å²) in [4.78, 5) is 14.4. The van der Waals surface area contributed by atoms with E-state index in [1.807, 2.05) is 18.3 Å². The minimum Gasteiger partial charge on any atom is -0.391 e. The fourth-order valence-corrected chi connectivity index (χ4v) is 3.95. The van der Waals surface area contributed by atoms with Crippen LogP contribution in [-0.2, 0) is 0 Å². The lowest BCUT2D eigenvalue weighted by atomic mass is 10.1. The predicted octanol–water partition coefficient (Wildman–Crippen LogP) is 0.609. The van der Waals surface area contributed by atoms with Gasteiger partial charge in [0.05, 0.1) is 23.3 Å². The molecule has 2 aromatic heterocycles. The van der Waals surface area contributed by atoms with Crippen molar-refractivity contribution in [3.05, 3.63) is 46.6 Å². The quantitative estimate of drug-likeness (QED) is 0.683. The van der Waals surface area contributed by atoms with Crippen LogP contribution in [0.5, 0.6) is 0 Å². The summed E-state index contributed by atoms with van der Waals surface area (Å²) in [6.45, 7) is 1.09. The molecular weight excluding hydrogens is 368 g/mol. The van der Waals surface area contributed by atoms with Crippen molar-refractivity contribution >= 4 is 18.1 Å². The first-order valence-electron chi connectivity index (χ1n) is 9.94. The number of aromatic nitrogens is 5. The molecular formula is C21H22N6O2. The Bertz CT molecular complexity index is 1160. The number of hydrogen-bond donors (Lipinski definition) is 2. The van der Waals surface area contributed by atoms with Crippen molar-refractivity contribution < 1.29 is 9.90 Å². The molecule has 148 valence electrons. The van der Waals surface area contributed by atoms with Crippen LogP contribution in [0, 0.1) is 0 Å². The number of hydrogen-bond acceptors (Lipinski definition) is 5. The molecule has 0 radical (unpaired) electrons. The number of β-amino-alcohol motifs (C(OH)–C–C–N with tert-alkyl or cyclic N) is 1. The predicted molar refractivity (Wildman–Crippen MR) is 107 cm³/mol. The molecule has 1 amide bonds. The van der Waals surface area contributed by atoms with E-state index in [9.17, 15) is 9.90 Å². The number of likely N-dealkylation sites (tertiary alicyclic amines) is 1. The maximum atomic E-state index is 12.7. The van der Waals surface area contributed by atoms with Crippen LogP contribution < -0.4 is 10.6 Å². The molecule has 1 aliphatic carbocycles. The van der Waals surface area contributed by atoms with Crippen LogP contribution in [0.2, 0.25) is 0 Å². The van der Waals surface area contributed by atoms with Gasteiger partial charge in [0.15, 0.2) is 0 Å². The van der Waals surface area contributed by atoms with E-state index in [2.05, 4.69) is 32.7 Å². The molecule has 0 bridgehead atoms. The average Bonchev–Trinajstić information content (AvgIpc) is 3.40. The molecule has 3 aromatic rings. The van der Waals surface area contributed by atoms with Crippen LogP contribution in [0.25, 0.3) is 29.2 Å². The lowest BCUT2D eigenvalue weighted by Crippen LogP contribution is -2.42. The molecule has 5 rings (SSSR count). The maximum Gasteiger partial charge on any atom is 0.253 e. The first kappa shape index (κ1) is 17.8. The average molecular weight is 390 g/mol. The zero-order chi connectivity index (χ0) is 19.8. The number of amides is 1. The van der Waals surface area contributed by atoms with E-state index in [-0.39, 0.29) is 5.91 Å². The Labute approximate surface area is 167 Å². The summed E-state index contributed by atoms with van der Waals surface area (Å²) in [6, 6.07) is 7.29. The van der Waals surface area contributed by atoms with Crippen molar-refractivity contribution in [3.8, 4) is 17.1 Å². The van der Waals surface area contributed by atoms with Gasteiger partial charge in [-0.2, -0.15) is 5.10 Å². The third kappa shape index (κ3) is 3.36. The second-order valence-corrected chi connectivity index (χ2v) is 7.53. The number of nitrogens with one attached hydrogen (secondary N) is 1. The summed E-state index contributed by atoms with van der Waals surface area (Å²) in [7, 11) is 0. The number of aliphatic hydroxyl groups excluding tert-OH is 1. The molecule has 1 unspecified atom stereocenters. The first-order valence-corrected chi connectivity index (χ1v) is 9.94. The number of piperidine rings is 1. The number of aromatic amines is 1. The van der Waals surface area contributed by atoms with Crippen molar-refractivity contribution in [2.45, 2.75) is 31.8 Å². The number of benzene rings is 1. The Morgan fingerprint density at radius 2 is 2.00 bits per heavy atom. The van der Waals surface area contributed by atoms with E-state index in [0.717, 1.165) is 47.6 Å². The molecule has 1 aromatic carbocycles. The number of H-pyrrole nitrogens is 1. The van der Waals surface area contributed by atoms with Crippen LogP contribution in [0.4, 0.5) is 0 Å². The Balaban J connectivity index is 1.38. The van der Waals surface area contributed by atoms with Gasteiger partial charge in [0, 0.05) is 23.9 Å². The van der Waals surface area contributed by atoms with Crippen LogP contribution in [0.15, 0.2) is 30.5 Å². The largest absolute Gasteiger partial charge is 0.391 e. The zero-order valence-corrected chi connectivity index (χ0v) is 16.0. The summed E-state index contributed by atoms with van der Waals surface area (Å²) in [5, 5.41) is 27.9. The number of rotatable bonds is 3. The molecule has 0 spiro atoms. The van der Waals surface area contributed by atoms with Crippen LogP contribution >= 0.6 is 0 Å². The van der Waals surface area contributed by atoms with Gasteiger partial charge in [-0.15, -0.1) is 5.10 Å². The maximum absolute atomic E-state index is 12.7. The van der Waals surface area contributed by atoms with E-state index >= 15 is 0 Å². The molecule has 2 aliphatic rings. The summed E-state index contributed by atoms with van der Waals surface area (Å²) in [5.74, 6) is -0.0514. The molecule has 2 N–H and O–H groups in total. The Kier molecular flexibility index (Phi) is 4.48. The van der Waals surface area contributed by atoms with E-state index in [0.29, 0.717) is 24.3 Å². The smallest absolute Gasteiger partial charge is 0.253 e. The standard InChI is InChI=1S/C21H22N6O2/c28-16-4-3-11-26(12-16)21(29)14-7-9-15(10-8-14)27-13-19(23-25-27)20-17-5-1-2-6-18(17)22-24-20/h5-10,13,16,22,28H,1-4,11-12H2. The topological polar surface area (TPSA) is 99.9 Å². The van der Waals surface area contributed by atoms with Gasteiger partial charge >= 0.3 is 0 Å². The molecule has 3 heterocycles. The van der Waals surface area contributed by atoms with Crippen molar-refractivity contribution in [1.29, 1.82) is 0 Å². The van der Waals surface area contributed by atoms with Crippen LogP contribution in [0.3, 0.4) is 0 Å². The molecule has 8 heteroatoms. The summed E-state index contributed by atoms with van der Waals surface area (Å²) in [5.41, 5.74) is 2.93. The molecule has 29 heavy (non-hydrogen) atoms. The highest BCUT2D eigenvalue weighted by molar-refractivity contribution is 5.94. The van der Waals surface area contributed by atoms with Crippen molar-refractivity contribution in [1.82, 2.24) is 30.1 Å². The fourth-order valence-electron chi connectivity index (χ4n) is 3.95. The lowest BCUT2D eigenvalue weighted by molar-refractivity contribution is 0.0474. The van der Waals surface area contributed by atoms with E-state index in [4.69, 9.17) is 0 Å². The van der Waals surface area contributed by atoms with E-state index in [1.54, 1.807) is 21.7 Å². The highest BCUT2D eigenvalue weighted by atomic mass is 16.3. The number of nitrogens with zero attached hydrogens (tertiary/aromatic N) is 5. The zero-order valence-electron chi connectivity index (χ0n) is 16.0. The monoisotopic (exact) mass is 390 g/mol. The second-order valence-electron chi connectivity index (χ2n) is 7.53. The lowest BCUT2D eigenvalue weighted by Gasteiger charge is -2.30. The third-order valence-corrected chi connectivity index (χ3v) is 5.50. The minimum absolute atomic E-state index is 0.0514. The fraction of sp³-hybridized carbons (Fsp3) is 0.333. The Morgan fingerprint density at radius 1 is 1.17 bits per heavy atom. The van der Waals surface area contributed by atoms with Gasteiger partial charge in [-0.25, -0.2) is 4.68 Å². The number of carbonyl (C=O) groups excluding carboxylic acids is 1. The minimum atomic E-state index is -0.428. The van der Waals surface area contributed by atoms with Gasteiger partial charge in [0.25, 0.3) is 5.91 Å². The van der Waals surface area contributed by atoms with Gasteiger partial charge in [0.2, 0.25) is 0 Å². The summed E-state index contributed by atoms with van der Waals surface area (Å²) in [6.07, 6.45) is 9.34. The molecule has 1 saturated heterocycles. The molecule has 1 fully saturated rings.